The fraction of sp³-hybridized carbons (Fsp3) is 0.500. The Balaban J connectivity index is 1.44. The van der Waals surface area contributed by atoms with E-state index in [1.807, 2.05) is 38.1 Å². The first kappa shape index (κ1) is 17.8. The van der Waals surface area contributed by atoms with Crippen molar-refractivity contribution in [3.8, 4) is 0 Å². The van der Waals surface area contributed by atoms with Gasteiger partial charge in [-0.05, 0) is 26.0 Å². The van der Waals surface area contributed by atoms with Crippen LogP contribution < -0.4 is 0 Å². The first-order chi connectivity index (χ1) is 12.0. The topological polar surface area (TPSA) is 68.7 Å². The maximum absolute atomic E-state index is 12.2. The zero-order valence-electron chi connectivity index (χ0n) is 14.4. The molecule has 0 radical (unpaired) electrons. The second kappa shape index (κ2) is 7.93. The van der Waals surface area contributed by atoms with Gasteiger partial charge in [-0.25, -0.2) is 4.98 Å². The molecule has 1 amide bonds. The van der Waals surface area contributed by atoms with Gasteiger partial charge >= 0.3 is 5.97 Å². The SMILES string of the molecule is C[C@H]1CN(C(=O)COC(=O)CCc2nc3ccccc3s2)C[C@H](C)O1. The van der Waals surface area contributed by atoms with Crippen molar-refractivity contribution in [3.05, 3.63) is 29.3 Å². The standard InChI is InChI=1S/C18H22N2O4S/c1-12-9-20(10-13(2)24-12)17(21)11-23-18(22)8-7-16-19-14-5-3-4-6-15(14)25-16/h3-6,12-13H,7-11H2,1-2H3/t12-,13-/m0/s1. The van der Waals surface area contributed by atoms with Crippen LogP contribution >= 0.6 is 11.3 Å². The van der Waals surface area contributed by atoms with E-state index in [0.29, 0.717) is 19.5 Å². The van der Waals surface area contributed by atoms with Gasteiger partial charge in [0.2, 0.25) is 0 Å². The number of para-hydroxylation sites is 1. The number of amides is 1. The van der Waals surface area contributed by atoms with Crippen LogP contribution in [-0.4, -0.2) is 53.7 Å². The summed E-state index contributed by atoms with van der Waals surface area (Å²) in [5.41, 5.74) is 0.946. The van der Waals surface area contributed by atoms with Crippen molar-refractivity contribution in [1.29, 1.82) is 0 Å². The van der Waals surface area contributed by atoms with Crippen LogP contribution in [0.1, 0.15) is 25.3 Å². The molecule has 0 spiro atoms. The number of ether oxygens (including phenoxy) is 2. The molecule has 2 heterocycles. The molecule has 7 heteroatoms. The van der Waals surface area contributed by atoms with E-state index in [1.165, 1.54) is 0 Å². The van der Waals surface area contributed by atoms with Crippen LogP contribution in [-0.2, 0) is 25.5 Å². The predicted octanol–water partition coefficient (Wildman–Crippen LogP) is 2.41. The Labute approximate surface area is 150 Å². The molecule has 1 aromatic carbocycles. The van der Waals surface area contributed by atoms with Gasteiger partial charge in [-0.2, -0.15) is 0 Å². The second-order valence-electron chi connectivity index (χ2n) is 6.29. The molecule has 1 aliphatic rings. The van der Waals surface area contributed by atoms with Crippen LogP contribution in [0.3, 0.4) is 0 Å². The van der Waals surface area contributed by atoms with Crippen molar-refractivity contribution in [2.75, 3.05) is 19.7 Å². The summed E-state index contributed by atoms with van der Waals surface area (Å²) in [6, 6.07) is 7.88. The Morgan fingerprint density at radius 2 is 2.00 bits per heavy atom. The number of hydrogen-bond donors (Lipinski definition) is 0. The van der Waals surface area contributed by atoms with Gasteiger partial charge in [0.15, 0.2) is 6.61 Å². The van der Waals surface area contributed by atoms with Gasteiger partial charge in [-0.3, -0.25) is 9.59 Å². The number of esters is 1. The molecule has 3 rings (SSSR count). The van der Waals surface area contributed by atoms with E-state index in [2.05, 4.69) is 4.98 Å². The molecule has 1 aromatic heterocycles. The molecule has 0 saturated carbocycles. The highest BCUT2D eigenvalue weighted by molar-refractivity contribution is 7.18. The summed E-state index contributed by atoms with van der Waals surface area (Å²) in [4.78, 5) is 30.3. The molecule has 1 saturated heterocycles. The van der Waals surface area contributed by atoms with E-state index in [1.54, 1.807) is 16.2 Å². The molecule has 2 aromatic rings. The highest BCUT2D eigenvalue weighted by atomic mass is 32.1. The highest BCUT2D eigenvalue weighted by Gasteiger charge is 2.26. The summed E-state index contributed by atoms with van der Waals surface area (Å²) in [6.07, 6.45) is 0.756. The monoisotopic (exact) mass is 362 g/mol. The van der Waals surface area contributed by atoms with Gasteiger partial charge in [-0.15, -0.1) is 11.3 Å². The maximum Gasteiger partial charge on any atom is 0.306 e. The Morgan fingerprint density at radius 1 is 1.28 bits per heavy atom. The van der Waals surface area contributed by atoms with Crippen molar-refractivity contribution < 1.29 is 19.1 Å². The lowest BCUT2D eigenvalue weighted by atomic mass is 10.2. The van der Waals surface area contributed by atoms with Crippen LogP contribution in [0.2, 0.25) is 0 Å². The van der Waals surface area contributed by atoms with E-state index in [-0.39, 0.29) is 37.1 Å². The second-order valence-corrected chi connectivity index (χ2v) is 7.41. The summed E-state index contributed by atoms with van der Waals surface area (Å²) >= 11 is 1.58. The minimum atomic E-state index is -0.373. The first-order valence-electron chi connectivity index (χ1n) is 8.44. The fourth-order valence-electron chi connectivity index (χ4n) is 2.92. The number of aryl methyl sites for hydroxylation is 1. The maximum atomic E-state index is 12.2. The number of nitrogens with zero attached hydrogens (tertiary/aromatic N) is 2. The van der Waals surface area contributed by atoms with E-state index >= 15 is 0 Å². The highest BCUT2D eigenvalue weighted by Crippen LogP contribution is 2.22. The largest absolute Gasteiger partial charge is 0.456 e. The molecular formula is C18H22N2O4S. The molecule has 134 valence electrons. The summed E-state index contributed by atoms with van der Waals surface area (Å²) in [6.45, 7) is 4.72. The number of thiazole rings is 1. The molecule has 0 N–H and O–H groups in total. The van der Waals surface area contributed by atoms with Crippen LogP contribution in [0.4, 0.5) is 0 Å². The third-order valence-corrected chi connectivity index (χ3v) is 5.11. The molecule has 0 unspecified atom stereocenters. The lowest BCUT2D eigenvalue weighted by molar-refractivity contribution is -0.157. The van der Waals surface area contributed by atoms with Gasteiger partial charge in [0, 0.05) is 19.5 Å². The smallest absolute Gasteiger partial charge is 0.306 e. The van der Waals surface area contributed by atoms with Gasteiger partial charge in [-0.1, -0.05) is 12.1 Å². The minimum Gasteiger partial charge on any atom is -0.456 e. The number of rotatable bonds is 5. The molecule has 0 aliphatic carbocycles. The normalized spacial score (nSPS) is 20.6. The quantitative estimate of drug-likeness (QED) is 0.764. The third-order valence-electron chi connectivity index (χ3n) is 4.01. The van der Waals surface area contributed by atoms with E-state index in [9.17, 15) is 9.59 Å². The average molecular weight is 362 g/mol. The molecule has 1 aliphatic heterocycles. The zero-order valence-corrected chi connectivity index (χ0v) is 15.3. The molecule has 0 bridgehead atoms. The van der Waals surface area contributed by atoms with Crippen molar-refractivity contribution in [2.45, 2.75) is 38.9 Å². The van der Waals surface area contributed by atoms with Crippen LogP contribution in [0.25, 0.3) is 10.2 Å². The van der Waals surface area contributed by atoms with Crippen LogP contribution in [0.5, 0.6) is 0 Å². The number of hydrogen-bond acceptors (Lipinski definition) is 6. The van der Waals surface area contributed by atoms with Crippen molar-refractivity contribution in [3.63, 3.8) is 0 Å². The van der Waals surface area contributed by atoms with Gasteiger partial charge in [0.1, 0.15) is 0 Å². The number of benzene rings is 1. The lowest BCUT2D eigenvalue weighted by Crippen LogP contribution is -2.49. The summed E-state index contributed by atoms with van der Waals surface area (Å²) in [5.74, 6) is -0.544. The summed E-state index contributed by atoms with van der Waals surface area (Å²) in [7, 11) is 0. The number of morpholine rings is 1. The van der Waals surface area contributed by atoms with E-state index < -0.39 is 0 Å². The van der Waals surface area contributed by atoms with Gasteiger partial charge in [0.25, 0.3) is 5.91 Å². The third kappa shape index (κ3) is 4.76. The molecular weight excluding hydrogens is 340 g/mol. The van der Waals surface area contributed by atoms with Crippen molar-refractivity contribution in [2.24, 2.45) is 0 Å². The number of fused-ring (bicyclic) bond motifs is 1. The predicted molar refractivity (Wildman–Crippen MR) is 95.5 cm³/mol. The molecule has 2 atom stereocenters. The van der Waals surface area contributed by atoms with Crippen molar-refractivity contribution >= 4 is 33.4 Å². The van der Waals surface area contributed by atoms with E-state index in [4.69, 9.17) is 9.47 Å². The fourth-order valence-corrected chi connectivity index (χ4v) is 3.89. The Hall–Kier alpha value is -1.99. The molecule has 25 heavy (non-hydrogen) atoms. The number of carbonyl (C=O) groups is 2. The number of carbonyl (C=O) groups excluding carboxylic acids is 2. The van der Waals surface area contributed by atoms with Gasteiger partial charge < -0.3 is 14.4 Å². The Bertz CT molecular complexity index is 717. The lowest BCUT2D eigenvalue weighted by Gasteiger charge is -2.35. The molecule has 1 fully saturated rings. The average Bonchev–Trinajstić information content (AvgIpc) is 3.00. The first-order valence-corrected chi connectivity index (χ1v) is 9.26. The summed E-state index contributed by atoms with van der Waals surface area (Å²) < 4.78 is 11.8. The molecule has 6 nitrogen and oxygen atoms in total. The van der Waals surface area contributed by atoms with Crippen LogP contribution in [0.15, 0.2) is 24.3 Å². The van der Waals surface area contributed by atoms with Gasteiger partial charge in [0.05, 0.1) is 33.9 Å². The Kier molecular flexibility index (Phi) is 5.65. The minimum absolute atomic E-state index is 0.00226. The number of aromatic nitrogens is 1. The van der Waals surface area contributed by atoms with E-state index in [0.717, 1.165) is 15.2 Å². The Morgan fingerprint density at radius 3 is 2.72 bits per heavy atom. The van der Waals surface area contributed by atoms with Crippen LogP contribution in [0, 0.1) is 0 Å². The zero-order chi connectivity index (χ0) is 17.8. The summed E-state index contributed by atoms with van der Waals surface area (Å²) in [5, 5.41) is 0.903. The van der Waals surface area contributed by atoms with Crippen molar-refractivity contribution in [1.82, 2.24) is 9.88 Å².